The lowest BCUT2D eigenvalue weighted by atomic mass is 9.99. The van der Waals surface area contributed by atoms with Gasteiger partial charge in [-0.1, -0.05) is 90.5 Å². The number of esters is 1. The average molecular weight is 401 g/mol. The molecule has 0 fully saturated rings. The molecule has 0 bridgehead atoms. The first kappa shape index (κ1) is 18.9. The van der Waals surface area contributed by atoms with Crippen LogP contribution in [0.3, 0.4) is 0 Å². The number of carbonyl (C=O) groups is 2. The van der Waals surface area contributed by atoms with E-state index in [1.165, 1.54) is 0 Å². The smallest absolute Gasteiger partial charge is 0.339 e. The number of fused-ring (bicyclic) bond motifs is 1. The van der Waals surface area contributed by atoms with Gasteiger partial charge in [-0.05, 0) is 29.0 Å². The molecular formula is C25H17ClO3. The standard InChI is InChI=1S/C25H17ClO3/c26-20-15-13-19(14-16-20)24(23(27)18-8-2-1-3-9-18)29-25(28)22-12-6-10-17-7-4-5-11-21(17)22/h1-16,24H/t24-/m0/s1. The van der Waals surface area contributed by atoms with Crippen molar-refractivity contribution in [1.82, 2.24) is 0 Å². The highest BCUT2D eigenvalue weighted by molar-refractivity contribution is 6.30. The molecule has 0 saturated carbocycles. The van der Waals surface area contributed by atoms with Gasteiger partial charge in [-0.15, -0.1) is 0 Å². The molecule has 0 unspecified atom stereocenters. The molecule has 4 aromatic rings. The second-order valence-corrected chi connectivity index (χ2v) is 7.03. The zero-order valence-corrected chi connectivity index (χ0v) is 16.2. The molecule has 29 heavy (non-hydrogen) atoms. The van der Waals surface area contributed by atoms with Crippen LogP contribution in [0.1, 0.15) is 32.4 Å². The van der Waals surface area contributed by atoms with Crippen LogP contribution in [-0.2, 0) is 4.74 Å². The Hall–Kier alpha value is -3.43. The third-order valence-electron chi connectivity index (χ3n) is 4.70. The molecule has 0 aromatic heterocycles. The predicted molar refractivity (Wildman–Crippen MR) is 114 cm³/mol. The maximum atomic E-state index is 13.2. The van der Waals surface area contributed by atoms with E-state index in [-0.39, 0.29) is 5.78 Å². The molecular weight excluding hydrogens is 384 g/mol. The van der Waals surface area contributed by atoms with Gasteiger partial charge in [0, 0.05) is 16.1 Å². The van der Waals surface area contributed by atoms with Crippen LogP contribution in [0.2, 0.25) is 5.02 Å². The second kappa shape index (κ2) is 8.29. The van der Waals surface area contributed by atoms with Crippen molar-refractivity contribution in [2.24, 2.45) is 0 Å². The van der Waals surface area contributed by atoms with Gasteiger partial charge in [0.05, 0.1) is 5.56 Å². The van der Waals surface area contributed by atoms with Gasteiger partial charge < -0.3 is 4.74 Å². The van der Waals surface area contributed by atoms with Gasteiger partial charge in [-0.2, -0.15) is 0 Å². The normalized spacial score (nSPS) is 11.8. The zero-order chi connectivity index (χ0) is 20.2. The van der Waals surface area contributed by atoms with Crippen molar-refractivity contribution in [2.75, 3.05) is 0 Å². The molecule has 142 valence electrons. The highest BCUT2D eigenvalue weighted by Crippen LogP contribution is 2.27. The fraction of sp³-hybridized carbons (Fsp3) is 0.0400. The zero-order valence-electron chi connectivity index (χ0n) is 15.4. The summed E-state index contributed by atoms with van der Waals surface area (Å²) < 4.78 is 5.76. The first-order valence-electron chi connectivity index (χ1n) is 9.17. The Bertz CT molecular complexity index is 1160. The van der Waals surface area contributed by atoms with E-state index in [4.69, 9.17) is 16.3 Å². The summed E-state index contributed by atoms with van der Waals surface area (Å²) in [6.07, 6.45) is -1.07. The number of Topliss-reactive ketones (excluding diaryl/α,β-unsaturated/α-hetero) is 1. The Morgan fingerprint density at radius 2 is 1.38 bits per heavy atom. The summed E-state index contributed by atoms with van der Waals surface area (Å²) in [5.41, 5.74) is 1.46. The van der Waals surface area contributed by atoms with Crippen molar-refractivity contribution >= 4 is 34.1 Å². The van der Waals surface area contributed by atoms with Crippen LogP contribution in [0.4, 0.5) is 0 Å². The summed E-state index contributed by atoms with van der Waals surface area (Å²) in [6.45, 7) is 0. The molecule has 0 aliphatic heterocycles. The molecule has 1 atom stereocenters. The number of ether oxygens (including phenoxy) is 1. The summed E-state index contributed by atoms with van der Waals surface area (Å²) >= 11 is 5.99. The Labute approximate surface area is 173 Å². The van der Waals surface area contributed by atoms with E-state index in [9.17, 15) is 9.59 Å². The molecule has 0 saturated heterocycles. The van der Waals surface area contributed by atoms with Crippen LogP contribution < -0.4 is 0 Å². The SMILES string of the molecule is O=C(O[C@H](C(=O)c1ccccc1)c1ccc(Cl)cc1)c1cccc2ccccc12. The summed E-state index contributed by atoms with van der Waals surface area (Å²) in [7, 11) is 0. The van der Waals surface area contributed by atoms with E-state index in [0.29, 0.717) is 21.7 Å². The summed E-state index contributed by atoms with van der Waals surface area (Å²) in [6, 6.07) is 28.5. The Balaban J connectivity index is 1.72. The maximum absolute atomic E-state index is 13.2. The molecule has 0 amide bonds. The Morgan fingerprint density at radius 3 is 2.14 bits per heavy atom. The Morgan fingerprint density at radius 1 is 0.724 bits per heavy atom. The predicted octanol–water partition coefficient (Wildman–Crippen LogP) is 6.27. The van der Waals surface area contributed by atoms with E-state index in [1.807, 2.05) is 36.4 Å². The quantitative estimate of drug-likeness (QED) is 0.292. The number of hydrogen-bond donors (Lipinski definition) is 0. The minimum Gasteiger partial charge on any atom is -0.445 e. The molecule has 0 heterocycles. The van der Waals surface area contributed by atoms with Gasteiger partial charge >= 0.3 is 5.97 Å². The number of benzene rings is 4. The lowest BCUT2D eigenvalue weighted by molar-refractivity contribution is 0.0282. The summed E-state index contributed by atoms with van der Waals surface area (Å²) in [4.78, 5) is 26.2. The topological polar surface area (TPSA) is 43.4 Å². The van der Waals surface area contributed by atoms with Crippen LogP contribution in [0, 0.1) is 0 Å². The van der Waals surface area contributed by atoms with Gasteiger partial charge in [0.15, 0.2) is 6.10 Å². The number of carbonyl (C=O) groups excluding carboxylic acids is 2. The number of hydrogen-bond acceptors (Lipinski definition) is 3. The second-order valence-electron chi connectivity index (χ2n) is 6.59. The molecule has 4 aromatic carbocycles. The van der Waals surface area contributed by atoms with Crippen molar-refractivity contribution in [3.8, 4) is 0 Å². The highest BCUT2D eigenvalue weighted by Gasteiger charge is 2.27. The van der Waals surface area contributed by atoms with Crippen LogP contribution in [0.5, 0.6) is 0 Å². The van der Waals surface area contributed by atoms with Crippen molar-refractivity contribution in [3.63, 3.8) is 0 Å². The Kier molecular flexibility index (Phi) is 5.41. The lowest BCUT2D eigenvalue weighted by Gasteiger charge is -2.18. The van der Waals surface area contributed by atoms with Gasteiger partial charge in [-0.3, -0.25) is 4.79 Å². The van der Waals surface area contributed by atoms with Crippen LogP contribution >= 0.6 is 11.6 Å². The number of halogens is 1. The van der Waals surface area contributed by atoms with Gasteiger partial charge in [0.1, 0.15) is 0 Å². The lowest BCUT2D eigenvalue weighted by Crippen LogP contribution is -2.20. The molecule has 0 N–H and O–H groups in total. The van der Waals surface area contributed by atoms with Gasteiger partial charge in [0.25, 0.3) is 0 Å². The first-order valence-corrected chi connectivity index (χ1v) is 9.55. The summed E-state index contributed by atoms with van der Waals surface area (Å²) in [5, 5.41) is 2.25. The fourth-order valence-corrected chi connectivity index (χ4v) is 3.36. The maximum Gasteiger partial charge on any atom is 0.339 e. The van der Waals surface area contributed by atoms with Crippen LogP contribution in [0.15, 0.2) is 97.1 Å². The van der Waals surface area contributed by atoms with E-state index in [0.717, 1.165) is 10.8 Å². The molecule has 0 radical (unpaired) electrons. The molecule has 3 nitrogen and oxygen atoms in total. The summed E-state index contributed by atoms with van der Waals surface area (Å²) in [5.74, 6) is -0.840. The molecule has 0 aliphatic rings. The fourth-order valence-electron chi connectivity index (χ4n) is 3.24. The minimum absolute atomic E-state index is 0.290. The van der Waals surface area contributed by atoms with E-state index in [1.54, 1.807) is 60.7 Å². The van der Waals surface area contributed by atoms with Crippen LogP contribution in [-0.4, -0.2) is 11.8 Å². The third-order valence-corrected chi connectivity index (χ3v) is 4.96. The highest BCUT2D eigenvalue weighted by atomic mass is 35.5. The average Bonchev–Trinajstić information content (AvgIpc) is 2.78. The van der Waals surface area contributed by atoms with Crippen molar-refractivity contribution < 1.29 is 14.3 Å². The minimum atomic E-state index is -1.07. The molecule has 4 heteroatoms. The molecule has 4 rings (SSSR count). The van der Waals surface area contributed by atoms with E-state index < -0.39 is 12.1 Å². The molecule has 0 spiro atoms. The van der Waals surface area contributed by atoms with Crippen LogP contribution in [0.25, 0.3) is 10.8 Å². The number of rotatable bonds is 5. The largest absolute Gasteiger partial charge is 0.445 e. The van der Waals surface area contributed by atoms with Crippen molar-refractivity contribution in [1.29, 1.82) is 0 Å². The third kappa shape index (κ3) is 4.05. The molecule has 0 aliphatic carbocycles. The monoisotopic (exact) mass is 400 g/mol. The van der Waals surface area contributed by atoms with Gasteiger partial charge in [0.2, 0.25) is 5.78 Å². The van der Waals surface area contributed by atoms with E-state index >= 15 is 0 Å². The number of ketones is 1. The van der Waals surface area contributed by atoms with Crippen molar-refractivity contribution in [3.05, 3.63) is 119 Å². The van der Waals surface area contributed by atoms with Crippen molar-refractivity contribution in [2.45, 2.75) is 6.10 Å². The van der Waals surface area contributed by atoms with E-state index in [2.05, 4.69) is 0 Å². The first-order chi connectivity index (χ1) is 14.1. The van der Waals surface area contributed by atoms with Gasteiger partial charge in [-0.25, -0.2) is 4.79 Å².